The van der Waals surface area contributed by atoms with Crippen molar-refractivity contribution in [1.29, 1.82) is 0 Å². The molecular formula is C13H12O2. The van der Waals surface area contributed by atoms with Gasteiger partial charge in [-0.2, -0.15) is 0 Å². The number of benzene rings is 1. The van der Waals surface area contributed by atoms with Gasteiger partial charge in [0.15, 0.2) is 5.78 Å². The van der Waals surface area contributed by atoms with Crippen molar-refractivity contribution in [3.8, 4) is 0 Å². The van der Waals surface area contributed by atoms with Crippen molar-refractivity contribution in [2.24, 2.45) is 5.92 Å². The molecule has 0 aromatic heterocycles. The van der Waals surface area contributed by atoms with E-state index in [0.717, 1.165) is 12.0 Å². The molecule has 0 saturated heterocycles. The largest absolute Gasteiger partial charge is 0.300 e. The van der Waals surface area contributed by atoms with Crippen molar-refractivity contribution >= 4 is 11.6 Å². The molecule has 0 heterocycles. The minimum atomic E-state index is -0.0522. The number of fused-ring (bicyclic) bond motifs is 3. The lowest BCUT2D eigenvalue weighted by Gasteiger charge is -2.23. The van der Waals surface area contributed by atoms with Crippen molar-refractivity contribution in [1.82, 2.24) is 0 Å². The molecule has 0 aliphatic heterocycles. The first kappa shape index (κ1) is 8.84. The zero-order valence-corrected chi connectivity index (χ0v) is 8.40. The van der Waals surface area contributed by atoms with Crippen LogP contribution in [0.15, 0.2) is 24.3 Å². The van der Waals surface area contributed by atoms with Crippen LogP contribution < -0.4 is 0 Å². The van der Waals surface area contributed by atoms with Gasteiger partial charge in [-0.1, -0.05) is 24.3 Å². The molecular weight excluding hydrogens is 188 g/mol. The Kier molecular flexibility index (Phi) is 1.78. The van der Waals surface area contributed by atoms with E-state index < -0.39 is 0 Å². The fraction of sp³-hybridized carbons (Fsp3) is 0.385. The average Bonchev–Trinajstić information content (AvgIpc) is 2.54. The number of carbonyl (C=O) groups excluding carboxylic acids is 2. The van der Waals surface area contributed by atoms with Crippen molar-refractivity contribution in [3.05, 3.63) is 35.4 Å². The van der Waals surface area contributed by atoms with Gasteiger partial charge >= 0.3 is 0 Å². The van der Waals surface area contributed by atoms with E-state index in [1.165, 1.54) is 5.56 Å². The first-order valence-corrected chi connectivity index (χ1v) is 5.42. The number of rotatable bonds is 0. The molecule has 0 N–H and O–H groups in total. The first-order valence-electron chi connectivity index (χ1n) is 5.42. The Labute approximate surface area is 88.3 Å². The van der Waals surface area contributed by atoms with Crippen LogP contribution in [0.2, 0.25) is 0 Å². The van der Waals surface area contributed by atoms with Crippen LogP contribution >= 0.6 is 0 Å². The normalized spacial score (nSPS) is 28.8. The van der Waals surface area contributed by atoms with Gasteiger partial charge in [0.2, 0.25) is 0 Å². The Bertz CT molecular complexity index is 448. The fourth-order valence-corrected chi connectivity index (χ4v) is 2.90. The molecule has 1 aromatic carbocycles. The molecule has 15 heavy (non-hydrogen) atoms. The van der Waals surface area contributed by atoms with Crippen LogP contribution in [0.5, 0.6) is 0 Å². The topological polar surface area (TPSA) is 34.1 Å². The maximum Gasteiger partial charge on any atom is 0.167 e. The summed E-state index contributed by atoms with van der Waals surface area (Å²) in [6.07, 6.45) is 1.95. The minimum Gasteiger partial charge on any atom is -0.300 e. The summed E-state index contributed by atoms with van der Waals surface area (Å²) in [6.45, 7) is 0. The molecule has 2 heteroatoms. The summed E-state index contributed by atoms with van der Waals surface area (Å²) in [5, 5.41) is 0. The monoisotopic (exact) mass is 200 g/mol. The van der Waals surface area contributed by atoms with Gasteiger partial charge in [-0.3, -0.25) is 9.59 Å². The second kappa shape index (κ2) is 3.02. The van der Waals surface area contributed by atoms with Crippen LogP contribution in [-0.2, 0) is 4.79 Å². The van der Waals surface area contributed by atoms with Gasteiger partial charge in [0.1, 0.15) is 5.78 Å². The van der Waals surface area contributed by atoms with Crippen molar-refractivity contribution in [2.45, 2.75) is 25.2 Å². The van der Waals surface area contributed by atoms with Crippen LogP contribution in [-0.4, -0.2) is 11.6 Å². The summed E-state index contributed by atoms with van der Waals surface area (Å²) >= 11 is 0. The second-order valence-corrected chi connectivity index (χ2v) is 4.45. The number of carbonyl (C=O) groups is 2. The molecule has 1 saturated carbocycles. The van der Waals surface area contributed by atoms with Gasteiger partial charge in [-0.25, -0.2) is 0 Å². The molecule has 2 aliphatic rings. The predicted octanol–water partition coefficient (Wildman–Crippen LogP) is 2.34. The first-order chi connectivity index (χ1) is 7.27. The molecule has 2 atom stereocenters. The Hall–Kier alpha value is -1.44. The van der Waals surface area contributed by atoms with Crippen LogP contribution in [0.3, 0.4) is 0 Å². The lowest BCUT2D eigenvalue weighted by molar-refractivity contribution is -0.121. The van der Waals surface area contributed by atoms with E-state index in [2.05, 4.69) is 0 Å². The van der Waals surface area contributed by atoms with Gasteiger partial charge in [0, 0.05) is 24.3 Å². The number of ketones is 2. The molecule has 2 nitrogen and oxygen atoms in total. The van der Waals surface area contributed by atoms with Gasteiger partial charge in [-0.15, -0.1) is 0 Å². The average molecular weight is 200 g/mol. The fourth-order valence-electron chi connectivity index (χ4n) is 2.90. The highest BCUT2D eigenvalue weighted by Gasteiger charge is 2.42. The smallest absolute Gasteiger partial charge is 0.167 e. The lowest BCUT2D eigenvalue weighted by Crippen LogP contribution is -2.23. The van der Waals surface area contributed by atoms with Crippen molar-refractivity contribution in [2.75, 3.05) is 0 Å². The molecule has 0 unspecified atom stereocenters. The molecule has 0 spiro atoms. The molecule has 76 valence electrons. The third-order valence-electron chi connectivity index (χ3n) is 3.63. The third kappa shape index (κ3) is 1.17. The number of hydrogen-bond donors (Lipinski definition) is 0. The van der Waals surface area contributed by atoms with E-state index in [9.17, 15) is 9.59 Å². The van der Waals surface area contributed by atoms with Gasteiger partial charge in [0.25, 0.3) is 0 Å². The molecule has 0 radical (unpaired) electrons. The van der Waals surface area contributed by atoms with Crippen LogP contribution in [0.4, 0.5) is 0 Å². The molecule has 0 amide bonds. The highest BCUT2D eigenvalue weighted by molar-refractivity contribution is 6.05. The van der Waals surface area contributed by atoms with Gasteiger partial charge < -0.3 is 0 Å². The van der Waals surface area contributed by atoms with Crippen LogP contribution in [0.1, 0.15) is 41.1 Å². The standard InChI is InChI=1S/C13H12O2/c14-8-5-6-10-9-3-1-2-4-11(9)13(15)12(10)7-8/h1-4,10,12H,5-7H2/t10-,12-/m1/s1. The second-order valence-electron chi connectivity index (χ2n) is 4.45. The van der Waals surface area contributed by atoms with E-state index in [4.69, 9.17) is 0 Å². The molecule has 0 bridgehead atoms. The molecule has 2 aliphatic carbocycles. The summed E-state index contributed by atoms with van der Waals surface area (Å²) in [7, 11) is 0. The lowest BCUT2D eigenvalue weighted by atomic mass is 9.79. The maximum atomic E-state index is 12.0. The maximum absolute atomic E-state index is 12.0. The van der Waals surface area contributed by atoms with Gasteiger partial charge in [-0.05, 0) is 17.9 Å². The Morgan fingerprint density at radius 3 is 2.73 bits per heavy atom. The summed E-state index contributed by atoms with van der Waals surface area (Å²) in [4.78, 5) is 23.4. The predicted molar refractivity (Wildman–Crippen MR) is 55.9 cm³/mol. The zero-order valence-electron chi connectivity index (χ0n) is 8.40. The summed E-state index contributed by atoms with van der Waals surface area (Å²) < 4.78 is 0. The van der Waals surface area contributed by atoms with Crippen LogP contribution in [0.25, 0.3) is 0 Å². The van der Waals surface area contributed by atoms with Crippen molar-refractivity contribution < 1.29 is 9.59 Å². The third-order valence-corrected chi connectivity index (χ3v) is 3.63. The van der Waals surface area contributed by atoms with Crippen LogP contribution in [0, 0.1) is 5.92 Å². The van der Waals surface area contributed by atoms with E-state index in [1.807, 2.05) is 24.3 Å². The highest BCUT2D eigenvalue weighted by Crippen LogP contribution is 2.45. The zero-order chi connectivity index (χ0) is 10.4. The SMILES string of the molecule is O=C1CC[C@@H]2c3ccccc3C(=O)[C@@H]2C1. The van der Waals surface area contributed by atoms with E-state index in [0.29, 0.717) is 18.8 Å². The van der Waals surface area contributed by atoms with E-state index >= 15 is 0 Å². The van der Waals surface area contributed by atoms with Gasteiger partial charge in [0.05, 0.1) is 0 Å². The summed E-state index contributed by atoms with van der Waals surface area (Å²) in [5.41, 5.74) is 2.02. The quantitative estimate of drug-likeness (QED) is 0.644. The number of hydrogen-bond acceptors (Lipinski definition) is 2. The van der Waals surface area contributed by atoms with E-state index in [-0.39, 0.29) is 17.5 Å². The Balaban J connectivity index is 2.08. The summed E-state index contributed by atoms with van der Waals surface area (Å²) in [5.74, 6) is 0.691. The number of Topliss-reactive ketones (excluding diaryl/α,β-unsaturated/α-hetero) is 2. The molecule has 3 rings (SSSR count). The summed E-state index contributed by atoms with van der Waals surface area (Å²) in [6, 6.07) is 7.80. The molecule has 1 aromatic rings. The Morgan fingerprint density at radius 2 is 1.87 bits per heavy atom. The minimum absolute atomic E-state index is 0.0522. The Morgan fingerprint density at radius 1 is 1.07 bits per heavy atom. The van der Waals surface area contributed by atoms with E-state index in [1.54, 1.807) is 0 Å². The molecule has 1 fully saturated rings. The van der Waals surface area contributed by atoms with Crippen molar-refractivity contribution in [3.63, 3.8) is 0 Å². The highest BCUT2D eigenvalue weighted by atomic mass is 16.1.